The molecule has 2 aliphatic heterocycles. The van der Waals surface area contributed by atoms with Crippen molar-refractivity contribution in [3.63, 3.8) is 0 Å². The molecule has 1 spiro atoms. The molecular formula is C18H26N2O. The summed E-state index contributed by atoms with van der Waals surface area (Å²) in [5, 5.41) is 3.80. The van der Waals surface area contributed by atoms with Crippen LogP contribution in [0.1, 0.15) is 42.9 Å². The van der Waals surface area contributed by atoms with Crippen LogP contribution in [0.5, 0.6) is 0 Å². The highest BCUT2D eigenvalue weighted by atomic mass is 16.5. The van der Waals surface area contributed by atoms with Crippen LogP contribution in [0.25, 0.3) is 0 Å². The molecule has 2 fully saturated rings. The number of piperazine rings is 1. The molecule has 1 aromatic rings. The summed E-state index contributed by atoms with van der Waals surface area (Å²) in [5.41, 5.74) is 3.31. The summed E-state index contributed by atoms with van der Waals surface area (Å²) in [6.07, 6.45) is 6.83. The maximum atomic E-state index is 6.10. The third-order valence-electron chi connectivity index (χ3n) is 5.53. The Hall–Kier alpha value is -0.900. The number of fused-ring (bicyclic) bond motifs is 1. The van der Waals surface area contributed by atoms with Crippen LogP contribution in [-0.2, 0) is 11.2 Å². The van der Waals surface area contributed by atoms with Crippen LogP contribution in [0.4, 0.5) is 0 Å². The van der Waals surface area contributed by atoms with Crippen molar-refractivity contribution in [3.8, 4) is 0 Å². The average Bonchev–Trinajstić information content (AvgIpc) is 2.95. The number of nitrogens with zero attached hydrogens (tertiary/aromatic N) is 1. The molecule has 0 radical (unpaired) electrons. The third kappa shape index (κ3) is 2.75. The molecule has 2 heterocycles. The third-order valence-corrected chi connectivity index (χ3v) is 5.53. The SMILES string of the molecule is c1ccc2c(c1)CCOC2CN1CCNC2(CCCC2)C1. The molecule has 4 rings (SSSR count). The zero-order valence-corrected chi connectivity index (χ0v) is 12.8. The maximum absolute atomic E-state index is 6.10. The quantitative estimate of drug-likeness (QED) is 0.904. The van der Waals surface area contributed by atoms with Crippen molar-refractivity contribution in [2.24, 2.45) is 0 Å². The fourth-order valence-corrected chi connectivity index (χ4v) is 4.45. The Kier molecular flexibility index (Phi) is 3.74. The van der Waals surface area contributed by atoms with Gasteiger partial charge in [-0.15, -0.1) is 0 Å². The van der Waals surface area contributed by atoms with E-state index >= 15 is 0 Å². The molecule has 1 unspecified atom stereocenters. The van der Waals surface area contributed by atoms with Gasteiger partial charge in [0.05, 0.1) is 12.7 Å². The van der Waals surface area contributed by atoms with Crippen LogP contribution < -0.4 is 5.32 Å². The molecule has 0 amide bonds. The Morgan fingerprint density at radius 1 is 1.24 bits per heavy atom. The summed E-state index contributed by atoms with van der Waals surface area (Å²) in [6.45, 7) is 5.42. The molecule has 1 aliphatic carbocycles. The monoisotopic (exact) mass is 286 g/mol. The van der Waals surface area contributed by atoms with Gasteiger partial charge in [0.25, 0.3) is 0 Å². The van der Waals surface area contributed by atoms with E-state index in [1.54, 1.807) is 0 Å². The number of rotatable bonds is 2. The van der Waals surface area contributed by atoms with E-state index in [0.717, 1.165) is 32.7 Å². The molecule has 1 N–H and O–H groups in total. The van der Waals surface area contributed by atoms with Gasteiger partial charge < -0.3 is 10.1 Å². The molecule has 114 valence electrons. The van der Waals surface area contributed by atoms with Crippen molar-refractivity contribution < 1.29 is 4.74 Å². The number of benzene rings is 1. The Balaban J connectivity index is 1.46. The first kappa shape index (κ1) is 13.7. The zero-order chi connectivity index (χ0) is 14.1. The lowest BCUT2D eigenvalue weighted by atomic mass is 9.93. The lowest BCUT2D eigenvalue weighted by Gasteiger charge is -2.43. The summed E-state index contributed by atoms with van der Waals surface area (Å²) in [6, 6.07) is 8.82. The topological polar surface area (TPSA) is 24.5 Å². The second-order valence-corrected chi connectivity index (χ2v) is 6.96. The van der Waals surface area contributed by atoms with Crippen molar-refractivity contribution in [2.75, 3.05) is 32.8 Å². The highest BCUT2D eigenvalue weighted by molar-refractivity contribution is 5.31. The van der Waals surface area contributed by atoms with E-state index in [1.807, 2.05) is 0 Å². The van der Waals surface area contributed by atoms with Crippen LogP contribution in [0.3, 0.4) is 0 Å². The summed E-state index contributed by atoms with van der Waals surface area (Å²) in [7, 11) is 0. The predicted octanol–water partition coefficient (Wildman–Crippen LogP) is 2.52. The first-order valence-electron chi connectivity index (χ1n) is 8.52. The van der Waals surface area contributed by atoms with E-state index in [0.29, 0.717) is 5.54 Å². The minimum absolute atomic E-state index is 0.270. The molecule has 21 heavy (non-hydrogen) atoms. The molecule has 1 atom stereocenters. The largest absolute Gasteiger partial charge is 0.372 e. The Bertz CT molecular complexity index is 496. The molecule has 3 heteroatoms. The number of ether oxygens (including phenoxy) is 1. The smallest absolute Gasteiger partial charge is 0.0954 e. The highest BCUT2D eigenvalue weighted by Crippen LogP contribution is 2.33. The van der Waals surface area contributed by atoms with Gasteiger partial charge in [0.15, 0.2) is 0 Å². The van der Waals surface area contributed by atoms with Gasteiger partial charge >= 0.3 is 0 Å². The van der Waals surface area contributed by atoms with Crippen molar-refractivity contribution in [1.29, 1.82) is 0 Å². The van der Waals surface area contributed by atoms with E-state index in [-0.39, 0.29) is 6.10 Å². The lowest BCUT2D eigenvalue weighted by Crippen LogP contribution is -2.59. The van der Waals surface area contributed by atoms with E-state index in [1.165, 1.54) is 43.4 Å². The first-order chi connectivity index (χ1) is 10.3. The molecule has 3 nitrogen and oxygen atoms in total. The molecule has 0 bridgehead atoms. The molecule has 1 saturated heterocycles. The zero-order valence-electron chi connectivity index (χ0n) is 12.8. The van der Waals surface area contributed by atoms with Crippen LogP contribution in [0, 0.1) is 0 Å². The molecule has 0 aromatic heterocycles. The maximum Gasteiger partial charge on any atom is 0.0954 e. The average molecular weight is 286 g/mol. The molecular weight excluding hydrogens is 260 g/mol. The van der Waals surface area contributed by atoms with Gasteiger partial charge in [-0.1, -0.05) is 37.1 Å². The van der Waals surface area contributed by atoms with Crippen LogP contribution in [0.2, 0.25) is 0 Å². The van der Waals surface area contributed by atoms with E-state index in [2.05, 4.69) is 34.5 Å². The number of hydrogen-bond acceptors (Lipinski definition) is 3. The first-order valence-corrected chi connectivity index (χ1v) is 8.52. The van der Waals surface area contributed by atoms with Crippen molar-refractivity contribution in [3.05, 3.63) is 35.4 Å². The van der Waals surface area contributed by atoms with Crippen LogP contribution >= 0.6 is 0 Å². The second kappa shape index (κ2) is 5.71. The number of nitrogens with one attached hydrogen (secondary N) is 1. The van der Waals surface area contributed by atoms with Gasteiger partial charge in [-0.05, 0) is 30.4 Å². The van der Waals surface area contributed by atoms with Crippen molar-refractivity contribution in [1.82, 2.24) is 10.2 Å². The minimum Gasteiger partial charge on any atom is -0.372 e. The lowest BCUT2D eigenvalue weighted by molar-refractivity contribution is 0.00266. The Morgan fingerprint density at radius 2 is 2.10 bits per heavy atom. The fourth-order valence-electron chi connectivity index (χ4n) is 4.45. The summed E-state index contributed by atoms with van der Waals surface area (Å²) >= 11 is 0. The second-order valence-electron chi connectivity index (χ2n) is 6.96. The van der Waals surface area contributed by atoms with Gasteiger partial charge in [0.1, 0.15) is 0 Å². The van der Waals surface area contributed by atoms with Crippen molar-refractivity contribution >= 4 is 0 Å². The normalized spacial score (nSPS) is 28.7. The van der Waals surface area contributed by atoms with Crippen LogP contribution in [-0.4, -0.2) is 43.2 Å². The predicted molar refractivity (Wildman–Crippen MR) is 84.5 cm³/mol. The molecule has 1 aromatic carbocycles. The summed E-state index contributed by atoms with van der Waals surface area (Å²) < 4.78 is 6.10. The van der Waals surface area contributed by atoms with Crippen LogP contribution in [0.15, 0.2) is 24.3 Å². The van der Waals surface area contributed by atoms with E-state index < -0.39 is 0 Å². The van der Waals surface area contributed by atoms with Gasteiger partial charge in [-0.2, -0.15) is 0 Å². The van der Waals surface area contributed by atoms with E-state index in [9.17, 15) is 0 Å². The van der Waals surface area contributed by atoms with Gasteiger partial charge in [0, 0.05) is 31.7 Å². The Labute approximate surface area is 127 Å². The van der Waals surface area contributed by atoms with Gasteiger partial charge in [0.2, 0.25) is 0 Å². The molecule has 1 saturated carbocycles. The minimum atomic E-state index is 0.270. The van der Waals surface area contributed by atoms with Gasteiger partial charge in [-0.3, -0.25) is 4.90 Å². The number of hydrogen-bond donors (Lipinski definition) is 1. The standard InChI is InChI=1S/C18H26N2O/c1-2-6-16-15(5-1)7-12-21-17(16)13-20-11-10-19-18(14-20)8-3-4-9-18/h1-2,5-6,17,19H,3-4,7-14H2. The van der Waals surface area contributed by atoms with Gasteiger partial charge in [-0.25, -0.2) is 0 Å². The highest BCUT2D eigenvalue weighted by Gasteiger charge is 2.38. The summed E-state index contributed by atoms with van der Waals surface area (Å²) in [4.78, 5) is 2.63. The van der Waals surface area contributed by atoms with E-state index in [4.69, 9.17) is 4.74 Å². The summed E-state index contributed by atoms with van der Waals surface area (Å²) in [5.74, 6) is 0. The Morgan fingerprint density at radius 3 is 3.00 bits per heavy atom. The van der Waals surface area contributed by atoms with Crippen molar-refractivity contribution in [2.45, 2.75) is 43.7 Å². The fraction of sp³-hybridized carbons (Fsp3) is 0.667. The molecule has 3 aliphatic rings.